The quantitative estimate of drug-likeness (QED) is 0.170. The van der Waals surface area contributed by atoms with Crippen LogP contribution in [0.25, 0.3) is 109 Å². The van der Waals surface area contributed by atoms with Crippen LogP contribution in [0.4, 0.5) is 0 Å². The Morgan fingerprint density at radius 2 is 0.930 bits per heavy atom. The minimum Gasteiger partial charge on any atom is -0.208 e. The lowest BCUT2D eigenvalue weighted by Gasteiger charge is -2.16. The lowest BCUT2D eigenvalue weighted by atomic mass is 9.90. The second kappa shape index (κ2) is 13.8. The predicted octanol–water partition coefficient (Wildman–Crippen LogP) is 14.5. The van der Waals surface area contributed by atoms with Gasteiger partial charge in [-0.05, 0) is 79.2 Å². The maximum atomic E-state index is 5.49. The van der Waals surface area contributed by atoms with Crippen LogP contribution in [0.15, 0.2) is 200 Å². The van der Waals surface area contributed by atoms with E-state index in [0.29, 0.717) is 17.5 Å². The summed E-state index contributed by atoms with van der Waals surface area (Å²) in [6, 6.07) is 71.1. The molecule has 0 fully saturated rings. The van der Waals surface area contributed by atoms with Gasteiger partial charge in [-0.3, -0.25) is 0 Å². The van der Waals surface area contributed by atoms with E-state index in [4.69, 9.17) is 15.0 Å². The average molecular weight is 744 g/mol. The Bertz CT molecular complexity index is 3300. The second-order valence-electron chi connectivity index (χ2n) is 14.3. The third kappa shape index (κ3) is 5.86. The Balaban J connectivity index is 1.22. The van der Waals surface area contributed by atoms with Gasteiger partial charge in [0.25, 0.3) is 0 Å². The summed E-state index contributed by atoms with van der Waals surface area (Å²) in [5, 5.41) is 7.02. The van der Waals surface area contributed by atoms with Gasteiger partial charge in [-0.25, -0.2) is 15.0 Å². The summed E-state index contributed by atoms with van der Waals surface area (Å²) in [5.74, 6) is 1.92. The summed E-state index contributed by atoms with van der Waals surface area (Å²) in [6.07, 6.45) is 0. The van der Waals surface area contributed by atoms with E-state index < -0.39 is 0 Å². The Hall–Kier alpha value is -7.27. The van der Waals surface area contributed by atoms with Crippen LogP contribution < -0.4 is 0 Å². The Morgan fingerprint density at radius 3 is 1.79 bits per heavy atom. The molecule has 0 amide bonds. The molecule has 3 nitrogen and oxygen atoms in total. The van der Waals surface area contributed by atoms with Crippen LogP contribution in [0.2, 0.25) is 0 Å². The van der Waals surface area contributed by atoms with Crippen molar-refractivity contribution in [1.82, 2.24) is 15.0 Å². The number of aromatic nitrogens is 3. The molecule has 0 spiro atoms. The van der Waals surface area contributed by atoms with Crippen LogP contribution >= 0.6 is 11.3 Å². The minimum atomic E-state index is 0.635. The molecule has 11 rings (SSSR count). The fourth-order valence-electron chi connectivity index (χ4n) is 8.22. The van der Waals surface area contributed by atoms with Gasteiger partial charge < -0.3 is 0 Å². The number of hydrogen-bond acceptors (Lipinski definition) is 4. The predicted molar refractivity (Wildman–Crippen MR) is 240 cm³/mol. The van der Waals surface area contributed by atoms with E-state index in [2.05, 4.69) is 194 Å². The number of hydrogen-bond donors (Lipinski definition) is 0. The molecular weight excluding hydrogens is 711 g/mol. The molecule has 0 aliphatic rings. The highest BCUT2D eigenvalue weighted by Crippen LogP contribution is 2.46. The monoisotopic (exact) mass is 743 g/mol. The molecule has 0 aliphatic carbocycles. The molecule has 0 unspecified atom stereocenters. The van der Waals surface area contributed by atoms with Crippen molar-refractivity contribution in [2.75, 3.05) is 0 Å². The molecule has 2 heterocycles. The molecule has 0 saturated heterocycles. The van der Waals surface area contributed by atoms with Gasteiger partial charge in [-0.2, -0.15) is 0 Å². The van der Waals surface area contributed by atoms with Gasteiger partial charge in [-0.15, -0.1) is 11.3 Å². The summed E-state index contributed by atoms with van der Waals surface area (Å²) in [7, 11) is 0. The first-order valence-corrected chi connectivity index (χ1v) is 20.0. The third-order valence-corrected chi connectivity index (χ3v) is 12.1. The van der Waals surface area contributed by atoms with Gasteiger partial charge in [0.1, 0.15) is 0 Å². The molecule has 0 N–H and O–H groups in total. The zero-order valence-electron chi connectivity index (χ0n) is 30.8. The first-order chi connectivity index (χ1) is 28.2. The van der Waals surface area contributed by atoms with Crippen molar-refractivity contribution in [2.45, 2.75) is 0 Å². The molecule has 11 aromatic rings. The molecule has 0 saturated carbocycles. The van der Waals surface area contributed by atoms with Gasteiger partial charge in [0, 0.05) is 36.9 Å². The van der Waals surface area contributed by atoms with E-state index in [-0.39, 0.29) is 0 Å². The van der Waals surface area contributed by atoms with E-state index in [1.165, 1.54) is 42.1 Å². The lowest BCUT2D eigenvalue weighted by Crippen LogP contribution is -2.02. The second-order valence-corrected chi connectivity index (χ2v) is 15.4. The van der Waals surface area contributed by atoms with E-state index in [0.717, 1.165) is 49.7 Å². The van der Waals surface area contributed by atoms with Gasteiger partial charge >= 0.3 is 0 Å². The Kier molecular flexibility index (Phi) is 8.01. The van der Waals surface area contributed by atoms with Crippen LogP contribution in [-0.4, -0.2) is 15.0 Å². The minimum absolute atomic E-state index is 0.635. The summed E-state index contributed by atoms with van der Waals surface area (Å²) in [6.45, 7) is 0. The molecular formula is C53H33N3S. The van der Waals surface area contributed by atoms with Crippen molar-refractivity contribution in [1.29, 1.82) is 0 Å². The zero-order chi connectivity index (χ0) is 37.7. The zero-order valence-corrected chi connectivity index (χ0v) is 31.6. The maximum absolute atomic E-state index is 5.49. The highest BCUT2D eigenvalue weighted by Gasteiger charge is 2.23. The molecule has 0 atom stereocenters. The normalized spacial score (nSPS) is 11.5. The topological polar surface area (TPSA) is 38.7 Å². The SMILES string of the molecule is c1ccc(-c2ccc3c(-c4ccc5sc6ccccc6c5c4-c4nc(-c5ccc6ccccc6c5)nc(-c5ccccc5-c5ccccc5)n4)cccc3c2)cc1. The molecule has 0 aliphatic heterocycles. The molecule has 0 radical (unpaired) electrons. The van der Waals surface area contributed by atoms with Gasteiger partial charge in [0.05, 0.1) is 0 Å². The highest BCUT2D eigenvalue weighted by molar-refractivity contribution is 7.26. The highest BCUT2D eigenvalue weighted by atomic mass is 32.1. The van der Waals surface area contributed by atoms with E-state index >= 15 is 0 Å². The number of fused-ring (bicyclic) bond motifs is 5. The summed E-state index contributed by atoms with van der Waals surface area (Å²) >= 11 is 1.81. The first-order valence-electron chi connectivity index (χ1n) is 19.2. The van der Waals surface area contributed by atoms with Crippen LogP contribution in [-0.2, 0) is 0 Å². The number of thiophene rings is 1. The number of nitrogens with zero attached hydrogens (tertiary/aromatic N) is 3. The van der Waals surface area contributed by atoms with Crippen LogP contribution in [0.3, 0.4) is 0 Å². The molecule has 57 heavy (non-hydrogen) atoms. The van der Waals surface area contributed by atoms with Crippen molar-refractivity contribution in [2.24, 2.45) is 0 Å². The van der Waals surface area contributed by atoms with Crippen LogP contribution in [0.1, 0.15) is 0 Å². The largest absolute Gasteiger partial charge is 0.208 e. The maximum Gasteiger partial charge on any atom is 0.165 e. The van der Waals surface area contributed by atoms with E-state index in [1.807, 2.05) is 17.4 Å². The van der Waals surface area contributed by atoms with E-state index in [9.17, 15) is 0 Å². The molecule has 4 heteroatoms. The average Bonchev–Trinajstić information content (AvgIpc) is 3.67. The van der Waals surface area contributed by atoms with Crippen molar-refractivity contribution < 1.29 is 0 Å². The van der Waals surface area contributed by atoms with Crippen molar-refractivity contribution >= 4 is 53.1 Å². The Morgan fingerprint density at radius 1 is 0.298 bits per heavy atom. The standard InChI is InChI=1S/C53H33N3S/c1-3-14-34(15-4-1)38-28-29-42-39(32-38)20-13-24-43(42)44-30-31-48-49(46-23-11-12-25-47(46)57-48)50(44)53-55-51(40-27-26-35-16-7-8-19-37(35)33-40)54-52(56-53)45-22-10-9-21-41(45)36-17-5-2-6-18-36/h1-33H. The number of benzene rings is 9. The third-order valence-electron chi connectivity index (χ3n) is 10.9. The summed E-state index contributed by atoms with van der Waals surface area (Å²) in [4.78, 5) is 16.2. The lowest BCUT2D eigenvalue weighted by molar-refractivity contribution is 1.08. The number of rotatable bonds is 6. The van der Waals surface area contributed by atoms with Crippen LogP contribution in [0, 0.1) is 0 Å². The molecule has 9 aromatic carbocycles. The molecule has 0 bridgehead atoms. The van der Waals surface area contributed by atoms with Gasteiger partial charge in [0.15, 0.2) is 17.5 Å². The molecule has 266 valence electrons. The first kappa shape index (κ1) is 33.1. The fourth-order valence-corrected chi connectivity index (χ4v) is 9.33. The Labute approximate surface area is 334 Å². The summed E-state index contributed by atoms with van der Waals surface area (Å²) < 4.78 is 2.43. The summed E-state index contributed by atoms with van der Waals surface area (Å²) in [5.41, 5.74) is 9.70. The van der Waals surface area contributed by atoms with Gasteiger partial charge in [-0.1, -0.05) is 176 Å². The van der Waals surface area contributed by atoms with Crippen molar-refractivity contribution in [3.05, 3.63) is 200 Å². The van der Waals surface area contributed by atoms with Gasteiger partial charge in [0.2, 0.25) is 0 Å². The van der Waals surface area contributed by atoms with E-state index in [1.54, 1.807) is 0 Å². The smallest absolute Gasteiger partial charge is 0.165 e. The van der Waals surface area contributed by atoms with Crippen molar-refractivity contribution in [3.8, 4) is 67.5 Å². The molecule has 2 aromatic heterocycles. The fraction of sp³-hybridized carbons (Fsp3) is 0. The van der Waals surface area contributed by atoms with Crippen LogP contribution in [0.5, 0.6) is 0 Å². The van der Waals surface area contributed by atoms with Crippen molar-refractivity contribution in [3.63, 3.8) is 0 Å².